The maximum Gasteiger partial charge on any atom is 0.327 e. The van der Waals surface area contributed by atoms with E-state index in [1.54, 1.807) is 13.8 Å². The van der Waals surface area contributed by atoms with Crippen molar-refractivity contribution in [2.45, 2.75) is 24.8 Å². The van der Waals surface area contributed by atoms with E-state index in [1.807, 2.05) is 0 Å². The largest absolute Gasteiger partial charge is 0.503 e. The third-order valence-corrected chi connectivity index (χ3v) is 4.35. The summed E-state index contributed by atoms with van der Waals surface area (Å²) in [4.78, 5) is 23.3. The molecule has 15 heavy (non-hydrogen) atoms. The van der Waals surface area contributed by atoms with Gasteiger partial charge in [0.05, 0.1) is 5.70 Å². The van der Waals surface area contributed by atoms with Crippen LogP contribution < -0.4 is 0 Å². The van der Waals surface area contributed by atoms with Crippen LogP contribution >= 0.6 is 11.8 Å². The Balaban J connectivity index is 2.47. The topological polar surface area (TPSA) is 77.8 Å². The summed E-state index contributed by atoms with van der Waals surface area (Å²) in [5, 5.41) is 18.5. The number of nitrogens with zero attached hydrogens (tertiary/aromatic N) is 1. The van der Waals surface area contributed by atoms with Gasteiger partial charge in [-0.2, -0.15) is 0 Å². The maximum atomic E-state index is 11.7. The molecule has 2 heterocycles. The van der Waals surface area contributed by atoms with Crippen LogP contribution in [-0.4, -0.2) is 43.5 Å². The smallest absolute Gasteiger partial charge is 0.327 e. The summed E-state index contributed by atoms with van der Waals surface area (Å²) in [5.41, 5.74) is 0.361. The summed E-state index contributed by atoms with van der Waals surface area (Å²) < 4.78 is 0. The predicted molar refractivity (Wildman–Crippen MR) is 54.5 cm³/mol. The Morgan fingerprint density at radius 3 is 2.80 bits per heavy atom. The Kier molecular flexibility index (Phi) is 2.01. The third kappa shape index (κ3) is 1.11. The van der Waals surface area contributed by atoms with Gasteiger partial charge in [0.1, 0.15) is 6.04 Å². The first-order chi connectivity index (χ1) is 6.89. The second kappa shape index (κ2) is 2.91. The number of carbonyl (C=O) groups excluding carboxylic acids is 1. The number of hydrogen-bond donors (Lipinski definition) is 2. The molecule has 6 heteroatoms. The van der Waals surface area contributed by atoms with Crippen molar-refractivity contribution in [3.05, 3.63) is 11.5 Å². The average Bonchev–Trinajstić information content (AvgIpc) is 2.60. The highest BCUT2D eigenvalue weighted by Gasteiger charge is 2.57. The van der Waals surface area contributed by atoms with Gasteiger partial charge in [-0.3, -0.25) is 4.79 Å². The normalized spacial score (nSPS) is 34.9. The van der Waals surface area contributed by atoms with E-state index < -0.39 is 22.7 Å². The molecule has 0 spiro atoms. The summed E-state index contributed by atoms with van der Waals surface area (Å²) in [7, 11) is 0. The highest BCUT2D eigenvalue weighted by Crippen LogP contribution is 2.48. The van der Waals surface area contributed by atoms with Crippen molar-refractivity contribution in [1.82, 2.24) is 4.90 Å². The second-order valence-electron chi connectivity index (χ2n) is 3.78. The minimum Gasteiger partial charge on any atom is -0.503 e. The maximum absolute atomic E-state index is 11.7. The van der Waals surface area contributed by atoms with E-state index in [-0.39, 0.29) is 5.76 Å². The van der Waals surface area contributed by atoms with Crippen LogP contribution in [0.2, 0.25) is 0 Å². The molecule has 2 aliphatic rings. The molecule has 0 aromatic rings. The number of aliphatic carboxylic acids is 1. The molecule has 0 aliphatic carbocycles. The monoisotopic (exact) mass is 229 g/mol. The molecule has 0 unspecified atom stereocenters. The van der Waals surface area contributed by atoms with Gasteiger partial charge in [-0.15, -0.1) is 11.8 Å². The van der Waals surface area contributed by atoms with Crippen LogP contribution in [0.5, 0.6) is 0 Å². The highest BCUT2D eigenvalue weighted by molar-refractivity contribution is 8.01. The lowest BCUT2D eigenvalue weighted by Gasteiger charge is -2.30. The van der Waals surface area contributed by atoms with E-state index >= 15 is 0 Å². The van der Waals surface area contributed by atoms with Gasteiger partial charge in [-0.25, -0.2) is 4.79 Å². The van der Waals surface area contributed by atoms with Crippen molar-refractivity contribution in [1.29, 1.82) is 0 Å². The molecule has 2 atom stereocenters. The number of rotatable bonds is 1. The van der Waals surface area contributed by atoms with E-state index in [2.05, 4.69) is 0 Å². The molecular weight excluding hydrogens is 218 g/mol. The number of carboxylic acid groups (broad SMARTS) is 1. The van der Waals surface area contributed by atoms with Crippen molar-refractivity contribution < 1.29 is 19.8 Å². The van der Waals surface area contributed by atoms with Gasteiger partial charge in [-0.05, 0) is 13.8 Å². The van der Waals surface area contributed by atoms with E-state index in [1.165, 1.54) is 16.7 Å². The first kappa shape index (κ1) is 10.4. The summed E-state index contributed by atoms with van der Waals surface area (Å²) in [5.74, 6) is -1.31. The van der Waals surface area contributed by atoms with E-state index in [0.717, 1.165) is 0 Å². The number of Topliss-reactive ketones (excluding diaryl/α,β-unsaturated/α-hetero) is 1. The molecule has 2 N–H and O–H groups in total. The zero-order valence-corrected chi connectivity index (χ0v) is 9.17. The van der Waals surface area contributed by atoms with Crippen molar-refractivity contribution in [3.8, 4) is 0 Å². The number of fused-ring (bicyclic) bond motifs is 1. The molecule has 1 saturated heterocycles. The van der Waals surface area contributed by atoms with Crippen LogP contribution in [0.15, 0.2) is 11.5 Å². The molecule has 1 fully saturated rings. The fourth-order valence-electron chi connectivity index (χ4n) is 2.09. The van der Waals surface area contributed by atoms with Crippen molar-refractivity contribution in [2.75, 3.05) is 5.75 Å². The van der Waals surface area contributed by atoms with Crippen molar-refractivity contribution >= 4 is 23.5 Å². The minimum absolute atomic E-state index is 0.309. The molecule has 82 valence electrons. The minimum atomic E-state index is -0.965. The quantitative estimate of drug-likeness (QED) is 0.684. The summed E-state index contributed by atoms with van der Waals surface area (Å²) in [6.45, 7) is 3.22. The molecule has 0 saturated carbocycles. The van der Waals surface area contributed by atoms with E-state index in [0.29, 0.717) is 11.4 Å². The van der Waals surface area contributed by atoms with E-state index in [4.69, 9.17) is 5.11 Å². The lowest BCUT2D eigenvalue weighted by molar-refractivity contribution is -0.142. The van der Waals surface area contributed by atoms with E-state index in [9.17, 15) is 14.7 Å². The molecule has 0 amide bonds. The Bertz CT molecular complexity index is 392. The number of aliphatic hydroxyl groups excluding tert-OH is 1. The van der Waals surface area contributed by atoms with Crippen molar-refractivity contribution in [2.24, 2.45) is 0 Å². The molecule has 0 aromatic heterocycles. The van der Waals surface area contributed by atoms with Gasteiger partial charge in [0, 0.05) is 5.75 Å². The van der Waals surface area contributed by atoms with Gasteiger partial charge >= 0.3 is 5.97 Å². The van der Waals surface area contributed by atoms with Crippen LogP contribution in [0, 0.1) is 0 Å². The number of thioether (sulfide) groups is 1. The average molecular weight is 229 g/mol. The number of aliphatic hydroxyl groups is 1. The van der Waals surface area contributed by atoms with Gasteiger partial charge in [0.2, 0.25) is 5.78 Å². The van der Waals surface area contributed by atoms with Gasteiger partial charge in [-0.1, -0.05) is 0 Å². The zero-order chi connectivity index (χ0) is 11.4. The first-order valence-corrected chi connectivity index (χ1v) is 5.49. The Morgan fingerprint density at radius 1 is 1.67 bits per heavy atom. The fraction of sp³-hybridized carbons (Fsp3) is 0.556. The third-order valence-electron chi connectivity index (χ3n) is 2.92. The first-order valence-electron chi connectivity index (χ1n) is 4.50. The lowest BCUT2D eigenvalue weighted by Crippen LogP contribution is -2.46. The van der Waals surface area contributed by atoms with Crippen LogP contribution in [0.1, 0.15) is 13.8 Å². The molecule has 5 nitrogen and oxygen atoms in total. The summed E-state index contributed by atoms with van der Waals surface area (Å²) >= 11 is 1.26. The summed E-state index contributed by atoms with van der Waals surface area (Å²) in [6, 6.07) is -0.728. The van der Waals surface area contributed by atoms with Crippen LogP contribution in [0.25, 0.3) is 0 Å². The van der Waals surface area contributed by atoms with Gasteiger partial charge in [0.25, 0.3) is 0 Å². The Morgan fingerprint density at radius 2 is 2.27 bits per heavy atom. The molecule has 2 aliphatic heterocycles. The number of carbonyl (C=O) groups is 2. The Labute approximate surface area is 90.8 Å². The molecule has 0 radical (unpaired) electrons. The standard InChI is InChI=1S/C9H11NO4S/c1-4-6(11)7(12)9(2)10(4)5(3-15-9)8(13)14/h5,11H,3H2,1-2H3,(H,13,14)/t5-,9+/m1/s1. The van der Waals surface area contributed by atoms with Crippen LogP contribution in [0.3, 0.4) is 0 Å². The lowest BCUT2D eigenvalue weighted by atomic mass is 10.2. The van der Waals surface area contributed by atoms with Crippen LogP contribution in [0.4, 0.5) is 0 Å². The van der Waals surface area contributed by atoms with Gasteiger partial charge in [0.15, 0.2) is 10.6 Å². The number of hydrogen-bond acceptors (Lipinski definition) is 5. The number of allylic oxidation sites excluding steroid dienone is 1. The highest BCUT2D eigenvalue weighted by atomic mass is 32.2. The molecular formula is C9H11NO4S. The van der Waals surface area contributed by atoms with Crippen LogP contribution in [-0.2, 0) is 9.59 Å². The molecule has 0 aromatic carbocycles. The fourth-order valence-corrected chi connectivity index (χ4v) is 3.50. The SMILES string of the molecule is CC1=C(O)C(=O)[C@]2(C)SC[C@H](C(=O)O)N12. The number of ketones is 1. The number of carboxylic acids is 1. The summed E-state index contributed by atoms with van der Waals surface area (Å²) in [6.07, 6.45) is 0. The van der Waals surface area contributed by atoms with Crippen molar-refractivity contribution in [3.63, 3.8) is 0 Å². The second-order valence-corrected chi connectivity index (χ2v) is 5.20. The Hall–Kier alpha value is -1.17. The molecule has 0 bridgehead atoms. The predicted octanol–water partition coefficient (Wildman–Crippen LogP) is 0.577. The molecule has 2 rings (SSSR count). The van der Waals surface area contributed by atoms with Gasteiger partial charge < -0.3 is 15.1 Å². The zero-order valence-electron chi connectivity index (χ0n) is 8.35.